The predicted molar refractivity (Wildman–Crippen MR) is 100 cm³/mol. The highest BCUT2D eigenvalue weighted by Crippen LogP contribution is 2.49. The number of hydrogen-bond acceptors (Lipinski definition) is 4. The maximum absolute atomic E-state index is 12.7. The molecule has 26 heavy (non-hydrogen) atoms. The Balaban J connectivity index is 1.35. The molecule has 1 saturated heterocycles. The van der Waals surface area contributed by atoms with E-state index < -0.39 is 4.92 Å². The molecule has 3 atom stereocenters. The molecule has 3 aliphatic rings. The fourth-order valence-electron chi connectivity index (χ4n) is 5.09. The minimum Gasteiger partial charge on any atom is -0.362 e. The Morgan fingerprint density at radius 2 is 1.96 bits per heavy atom. The Bertz CT molecular complexity index is 718. The number of benzene rings is 1. The summed E-state index contributed by atoms with van der Waals surface area (Å²) in [4.78, 5) is 27.5. The zero-order valence-electron chi connectivity index (χ0n) is 14.8. The van der Waals surface area contributed by atoms with Crippen LogP contribution < -0.4 is 4.90 Å². The lowest BCUT2D eigenvalue weighted by Crippen LogP contribution is -2.49. The molecule has 2 bridgehead atoms. The van der Waals surface area contributed by atoms with Crippen LogP contribution in [0.2, 0.25) is 5.02 Å². The van der Waals surface area contributed by atoms with E-state index in [1.165, 1.54) is 31.7 Å². The van der Waals surface area contributed by atoms with Crippen LogP contribution in [0.15, 0.2) is 18.2 Å². The van der Waals surface area contributed by atoms with Gasteiger partial charge in [0.25, 0.3) is 5.69 Å². The van der Waals surface area contributed by atoms with E-state index in [4.69, 9.17) is 11.6 Å². The standard InChI is InChI=1S/C19H24ClN3O3/c20-16-3-4-17(18(12-16)23(25)26)21-5-7-22(8-6-21)19(24)11-15-10-13-1-2-14(15)9-13/h3-4,12-15H,1-2,5-11H2/t13-,14-,15-/m0/s1. The van der Waals surface area contributed by atoms with Crippen LogP contribution >= 0.6 is 11.6 Å². The van der Waals surface area contributed by atoms with Crippen LogP contribution in [-0.4, -0.2) is 41.9 Å². The molecule has 4 rings (SSSR count). The average Bonchev–Trinajstić information content (AvgIpc) is 3.25. The lowest BCUT2D eigenvalue weighted by atomic mass is 9.86. The number of carbonyl (C=O) groups excluding carboxylic acids is 1. The Hall–Kier alpha value is -1.82. The number of nitro groups is 1. The van der Waals surface area contributed by atoms with E-state index in [1.54, 1.807) is 12.1 Å². The third-order valence-electron chi connectivity index (χ3n) is 6.43. The predicted octanol–water partition coefficient (Wildman–Crippen LogP) is 3.72. The molecule has 3 fully saturated rings. The Morgan fingerprint density at radius 1 is 1.19 bits per heavy atom. The van der Waals surface area contributed by atoms with Crippen LogP contribution in [0, 0.1) is 27.9 Å². The van der Waals surface area contributed by atoms with Gasteiger partial charge in [-0.1, -0.05) is 18.0 Å². The van der Waals surface area contributed by atoms with Crippen molar-refractivity contribution in [2.45, 2.75) is 32.1 Å². The number of rotatable bonds is 4. The quantitative estimate of drug-likeness (QED) is 0.592. The molecule has 0 radical (unpaired) electrons. The summed E-state index contributed by atoms with van der Waals surface area (Å²) in [5.41, 5.74) is 0.610. The van der Waals surface area contributed by atoms with E-state index in [1.807, 2.05) is 9.80 Å². The van der Waals surface area contributed by atoms with E-state index in [-0.39, 0.29) is 11.6 Å². The van der Waals surface area contributed by atoms with Crippen LogP contribution in [0.25, 0.3) is 0 Å². The summed E-state index contributed by atoms with van der Waals surface area (Å²) in [6, 6.07) is 4.77. The molecular formula is C19H24ClN3O3. The maximum Gasteiger partial charge on any atom is 0.294 e. The van der Waals surface area contributed by atoms with Crippen molar-refractivity contribution in [3.63, 3.8) is 0 Å². The molecule has 0 spiro atoms. The minimum absolute atomic E-state index is 0.0271. The lowest BCUT2D eigenvalue weighted by molar-refractivity contribution is -0.384. The normalized spacial score (nSPS) is 27.8. The number of carbonyl (C=O) groups is 1. The van der Waals surface area contributed by atoms with Gasteiger partial charge in [-0.25, -0.2) is 0 Å². The highest BCUT2D eigenvalue weighted by atomic mass is 35.5. The van der Waals surface area contributed by atoms with Crippen molar-refractivity contribution in [1.82, 2.24) is 4.90 Å². The topological polar surface area (TPSA) is 66.7 Å². The number of anilines is 1. The van der Waals surface area contributed by atoms with Crippen molar-refractivity contribution in [3.8, 4) is 0 Å². The summed E-state index contributed by atoms with van der Waals surface area (Å²) in [7, 11) is 0. The second-order valence-electron chi connectivity index (χ2n) is 7.90. The van der Waals surface area contributed by atoms with E-state index in [0.717, 1.165) is 11.8 Å². The van der Waals surface area contributed by atoms with Crippen LogP contribution in [0.1, 0.15) is 32.1 Å². The number of nitrogens with zero attached hydrogens (tertiary/aromatic N) is 3. The molecule has 1 amide bonds. The molecule has 0 unspecified atom stereocenters. The van der Waals surface area contributed by atoms with Crippen molar-refractivity contribution < 1.29 is 9.72 Å². The van der Waals surface area contributed by atoms with Crippen LogP contribution in [-0.2, 0) is 4.79 Å². The molecule has 1 aromatic rings. The van der Waals surface area contributed by atoms with Gasteiger partial charge < -0.3 is 9.80 Å². The fourth-order valence-corrected chi connectivity index (χ4v) is 5.25. The number of halogens is 1. The largest absolute Gasteiger partial charge is 0.362 e. The van der Waals surface area contributed by atoms with Crippen LogP contribution in [0.5, 0.6) is 0 Å². The molecule has 1 aliphatic heterocycles. The van der Waals surface area contributed by atoms with Gasteiger partial charge in [0.1, 0.15) is 5.69 Å². The minimum atomic E-state index is -0.395. The summed E-state index contributed by atoms with van der Waals surface area (Å²) < 4.78 is 0. The smallest absolute Gasteiger partial charge is 0.294 e. The summed E-state index contributed by atoms with van der Waals surface area (Å²) in [6.45, 7) is 2.48. The number of piperazine rings is 1. The highest BCUT2D eigenvalue weighted by Gasteiger charge is 2.40. The maximum atomic E-state index is 12.7. The van der Waals surface area contributed by atoms with Crippen LogP contribution in [0.3, 0.4) is 0 Å². The molecular weight excluding hydrogens is 354 g/mol. The van der Waals surface area contributed by atoms with E-state index in [0.29, 0.717) is 49.2 Å². The van der Waals surface area contributed by atoms with E-state index >= 15 is 0 Å². The van der Waals surface area contributed by atoms with Crippen LogP contribution in [0.4, 0.5) is 11.4 Å². The van der Waals surface area contributed by atoms with Gasteiger partial charge >= 0.3 is 0 Å². The molecule has 140 valence electrons. The van der Waals surface area contributed by atoms with Gasteiger partial charge in [0, 0.05) is 43.7 Å². The molecule has 1 aromatic carbocycles. The fraction of sp³-hybridized carbons (Fsp3) is 0.632. The average molecular weight is 378 g/mol. The third kappa shape index (κ3) is 3.39. The number of amides is 1. The first kappa shape index (κ1) is 17.6. The molecule has 2 saturated carbocycles. The molecule has 2 aliphatic carbocycles. The summed E-state index contributed by atoms with van der Waals surface area (Å²) in [5.74, 6) is 2.46. The van der Waals surface area contributed by atoms with Gasteiger partial charge in [-0.2, -0.15) is 0 Å². The van der Waals surface area contributed by atoms with E-state index in [2.05, 4.69) is 0 Å². The van der Waals surface area contributed by atoms with Gasteiger partial charge in [-0.15, -0.1) is 0 Å². The second kappa shape index (κ2) is 7.06. The van der Waals surface area contributed by atoms with Crippen molar-refractivity contribution in [2.24, 2.45) is 17.8 Å². The Morgan fingerprint density at radius 3 is 2.58 bits per heavy atom. The monoisotopic (exact) mass is 377 g/mol. The van der Waals surface area contributed by atoms with E-state index in [9.17, 15) is 14.9 Å². The molecule has 1 heterocycles. The third-order valence-corrected chi connectivity index (χ3v) is 6.66. The van der Waals surface area contributed by atoms with Crippen molar-refractivity contribution >= 4 is 28.9 Å². The first-order valence-corrected chi connectivity index (χ1v) is 9.85. The molecule has 0 N–H and O–H groups in total. The van der Waals surface area contributed by atoms with Crippen molar-refractivity contribution in [3.05, 3.63) is 33.3 Å². The van der Waals surface area contributed by atoms with Gasteiger partial charge in [0.2, 0.25) is 5.91 Å². The number of nitro benzene ring substituents is 1. The Kier molecular flexibility index (Phi) is 4.78. The SMILES string of the molecule is O=C(C[C@@H]1C[C@H]2CC[C@H]1C2)N1CCN(c2ccc(Cl)cc2[N+](=O)[O-])CC1. The van der Waals surface area contributed by atoms with Gasteiger partial charge in [-0.3, -0.25) is 14.9 Å². The van der Waals surface area contributed by atoms with Gasteiger partial charge in [0.05, 0.1) is 4.92 Å². The summed E-state index contributed by atoms with van der Waals surface area (Å²) in [5, 5.41) is 11.7. The number of fused-ring (bicyclic) bond motifs is 2. The first-order valence-electron chi connectivity index (χ1n) is 9.48. The molecule has 7 heteroatoms. The number of hydrogen-bond donors (Lipinski definition) is 0. The molecule has 6 nitrogen and oxygen atoms in total. The van der Waals surface area contributed by atoms with Crippen molar-refractivity contribution in [2.75, 3.05) is 31.1 Å². The second-order valence-corrected chi connectivity index (χ2v) is 8.33. The van der Waals surface area contributed by atoms with Gasteiger partial charge in [-0.05, 0) is 49.1 Å². The zero-order chi connectivity index (χ0) is 18.3. The molecule has 0 aromatic heterocycles. The zero-order valence-corrected chi connectivity index (χ0v) is 15.5. The summed E-state index contributed by atoms with van der Waals surface area (Å²) >= 11 is 5.90. The lowest BCUT2D eigenvalue weighted by Gasteiger charge is -2.36. The summed E-state index contributed by atoms with van der Waals surface area (Å²) in [6.07, 6.45) is 5.89. The first-order chi connectivity index (χ1) is 12.5. The Labute approximate surface area is 158 Å². The van der Waals surface area contributed by atoms with Crippen molar-refractivity contribution in [1.29, 1.82) is 0 Å². The highest BCUT2D eigenvalue weighted by molar-refractivity contribution is 6.30. The van der Waals surface area contributed by atoms with Gasteiger partial charge in [0.15, 0.2) is 0 Å².